The molecule has 3 rings (SSSR count). The van der Waals surface area contributed by atoms with E-state index in [0.717, 1.165) is 16.3 Å². The number of nitrogens with zero attached hydrogens (tertiary/aromatic N) is 1. The van der Waals surface area contributed by atoms with Gasteiger partial charge in [0, 0.05) is 10.9 Å². The molecule has 2 aromatic heterocycles. The second-order valence-corrected chi connectivity index (χ2v) is 6.65. The van der Waals surface area contributed by atoms with E-state index in [2.05, 4.69) is 15.5 Å². The van der Waals surface area contributed by atoms with Crippen LogP contribution in [-0.2, 0) is 0 Å². The Labute approximate surface area is 149 Å². The highest BCUT2D eigenvalue weighted by Crippen LogP contribution is 2.26. The van der Waals surface area contributed by atoms with Crippen LogP contribution >= 0.6 is 11.3 Å². The van der Waals surface area contributed by atoms with Gasteiger partial charge in [-0.2, -0.15) is 5.10 Å². The fourth-order valence-electron chi connectivity index (χ4n) is 2.26. The van der Waals surface area contributed by atoms with Gasteiger partial charge in [0.15, 0.2) is 5.69 Å². The average Bonchev–Trinajstić information content (AvgIpc) is 3.27. The van der Waals surface area contributed by atoms with E-state index in [1.807, 2.05) is 37.3 Å². The Morgan fingerprint density at radius 3 is 2.84 bits per heavy atom. The molecule has 0 saturated carbocycles. The summed E-state index contributed by atoms with van der Waals surface area (Å²) < 4.78 is 10.7. The van der Waals surface area contributed by atoms with Gasteiger partial charge in [0.05, 0.1) is 24.2 Å². The van der Waals surface area contributed by atoms with E-state index in [1.165, 1.54) is 4.88 Å². The van der Waals surface area contributed by atoms with Crippen molar-refractivity contribution in [2.75, 3.05) is 20.3 Å². The van der Waals surface area contributed by atoms with Gasteiger partial charge in [0.1, 0.15) is 18.1 Å². The molecule has 2 N–H and O–H groups in total. The second kappa shape index (κ2) is 7.85. The molecule has 0 aliphatic carbocycles. The van der Waals surface area contributed by atoms with E-state index in [-0.39, 0.29) is 5.91 Å². The van der Waals surface area contributed by atoms with Crippen LogP contribution in [-0.4, -0.2) is 36.4 Å². The van der Waals surface area contributed by atoms with Crippen molar-refractivity contribution in [1.29, 1.82) is 0 Å². The van der Waals surface area contributed by atoms with Gasteiger partial charge in [-0.1, -0.05) is 6.07 Å². The molecule has 130 valence electrons. The van der Waals surface area contributed by atoms with Crippen molar-refractivity contribution in [1.82, 2.24) is 15.5 Å². The predicted octanol–water partition coefficient (Wildman–Crippen LogP) is 3.26. The molecule has 3 aromatic rings. The number of aryl methyl sites for hydroxylation is 1. The molecule has 0 radical (unpaired) electrons. The zero-order valence-electron chi connectivity index (χ0n) is 14.0. The van der Waals surface area contributed by atoms with Crippen LogP contribution in [0.2, 0.25) is 0 Å². The third-order valence-electron chi connectivity index (χ3n) is 3.51. The molecular formula is C18H19N3O3S. The first-order valence-electron chi connectivity index (χ1n) is 7.83. The highest BCUT2D eigenvalue weighted by Gasteiger charge is 2.12. The van der Waals surface area contributed by atoms with Crippen LogP contribution in [0.1, 0.15) is 15.4 Å². The molecular weight excluding hydrogens is 338 g/mol. The molecule has 0 atom stereocenters. The van der Waals surface area contributed by atoms with E-state index in [9.17, 15) is 4.79 Å². The van der Waals surface area contributed by atoms with Crippen LogP contribution in [0.15, 0.2) is 42.5 Å². The maximum atomic E-state index is 12.1. The van der Waals surface area contributed by atoms with Gasteiger partial charge in [-0.3, -0.25) is 9.89 Å². The van der Waals surface area contributed by atoms with Gasteiger partial charge >= 0.3 is 0 Å². The average molecular weight is 357 g/mol. The number of carbonyl (C=O) groups excluding carboxylic acids is 1. The molecule has 0 fully saturated rings. The number of ether oxygens (including phenoxy) is 2. The Morgan fingerprint density at radius 1 is 1.24 bits per heavy atom. The fraction of sp³-hybridized carbons (Fsp3) is 0.222. The van der Waals surface area contributed by atoms with Crippen molar-refractivity contribution >= 4 is 17.2 Å². The number of aromatic amines is 1. The maximum absolute atomic E-state index is 12.1. The van der Waals surface area contributed by atoms with Crippen molar-refractivity contribution in [3.05, 3.63) is 53.0 Å². The third-order valence-corrected chi connectivity index (χ3v) is 4.55. The number of hydrogen-bond acceptors (Lipinski definition) is 5. The first-order valence-corrected chi connectivity index (χ1v) is 8.64. The number of benzene rings is 1. The van der Waals surface area contributed by atoms with Gasteiger partial charge in [0.2, 0.25) is 0 Å². The van der Waals surface area contributed by atoms with Crippen molar-refractivity contribution in [2.24, 2.45) is 0 Å². The molecule has 0 aliphatic heterocycles. The lowest BCUT2D eigenvalue weighted by atomic mass is 10.3. The summed E-state index contributed by atoms with van der Waals surface area (Å²) in [6.45, 7) is 2.79. The first-order chi connectivity index (χ1) is 12.2. The molecule has 1 aromatic carbocycles. The standard InChI is InChI=1S/C18H19N3O3S/c1-12-6-7-17(25-12)15-11-16(21-20-15)18(22)19-8-9-24-14-5-3-4-13(10-14)23-2/h3-7,10-11H,8-9H2,1-2H3,(H,19,22)(H,20,21). The lowest BCUT2D eigenvalue weighted by Gasteiger charge is -2.08. The number of aromatic nitrogens is 2. The summed E-state index contributed by atoms with van der Waals surface area (Å²) in [6, 6.07) is 13.1. The molecule has 7 heteroatoms. The monoisotopic (exact) mass is 357 g/mol. The molecule has 0 spiro atoms. The third kappa shape index (κ3) is 4.39. The Morgan fingerprint density at radius 2 is 2.08 bits per heavy atom. The smallest absolute Gasteiger partial charge is 0.271 e. The van der Waals surface area contributed by atoms with Gasteiger partial charge < -0.3 is 14.8 Å². The van der Waals surface area contributed by atoms with Crippen LogP contribution < -0.4 is 14.8 Å². The van der Waals surface area contributed by atoms with Crippen LogP contribution in [0.25, 0.3) is 10.6 Å². The van der Waals surface area contributed by atoms with Gasteiger partial charge in [-0.15, -0.1) is 11.3 Å². The van der Waals surface area contributed by atoms with Gasteiger partial charge in [-0.25, -0.2) is 0 Å². The van der Waals surface area contributed by atoms with E-state index >= 15 is 0 Å². The Bertz CT molecular complexity index is 857. The predicted molar refractivity (Wildman–Crippen MR) is 97.5 cm³/mol. The van der Waals surface area contributed by atoms with Crippen LogP contribution in [0.5, 0.6) is 11.5 Å². The summed E-state index contributed by atoms with van der Waals surface area (Å²) in [5.41, 5.74) is 1.21. The number of carbonyl (C=O) groups is 1. The topological polar surface area (TPSA) is 76.2 Å². The Kier molecular flexibility index (Phi) is 5.35. The lowest BCUT2D eigenvalue weighted by Crippen LogP contribution is -2.28. The van der Waals surface area contributed by atoms with Crippen molar-refractivity contribution in [3.63, 3.8) is 0 Å². The summed E-state index contributed by atoms with van der Waals surface area (Å²) in [7, 11) is 1.61. The molecule has 1 amide bonds. The minimum absolute atomic E-state index is 0.231. The Balaban J connectivity index is 1.49. The molecule has 6 nitrogen and oxygen atoms in total. The van der Waals surface area contributed by atoms with Crippen LogP contribution in [0.3, 0.4) is 0 Å². The SMILES string of the molecule is COc1cccc(OCCNC(=O)c2cc(-c3ccc(C)s3)[nH]n2)c1. The van der Waals surface area contributed by atoms with E-state index in [1.54, 1.807) is 30.6 Å². The molecule has 0 saturated heterocycles. The number of methoxy groups -OCH3 is 1. The normalized spacial score (nSPS) is 10.5. The minimum Gasteiger partial charge on any atom is -0.497 e. The van der Waals surface area contributed by atoms with Crippen LogP contribution in [0, 0.1) is 6.92 Å². The molecule has 0 unspecified atom stereocenters. The number of H-pyrrole nitrogens is 1. The van der Waals surface area contributed by atoms with Crippen molar-refractivity contribution in [2.45, 2.75) is 6.92 Å². The molecule has 0 aliphatic rings. The molecule has 0 bridgehead atoms. The number of amides is 1. The molecule has 25 heavy (non-hydrogen) atoms. The lowest BCUT2D eigenvalue weighted by molar-refractivity contribution is 0.0942. The highest BCUT2D eigenvalue weighted by atomic mass is 32.1. The van der Waals surface area contributed by atoms with Crippen LogP contribution in [0.4, 0.5) is 0 Å². The van der Waals surface area contributed by atoms with E-state index < -0.39 is 0 Å². The summed E-state index contributed by atoms with van der Waals surface area (Å²) in [4.78, 5) is 14.4. The quantitative estimate of drug-likeness (QED) is 0.636. The summed E-state index contributed by atoms with van der Waals surface area (Å²) in [5.74, 6) is 1.20. The number of nitrogens with one attached hydrogen (secondary N) is 2. The fourth-order valence-corrected chi connectivity index (χ4v) is 3.09. The number of hydrogen-bond donors (Lipinski definition) is 2. The molecule has 2 heterocycles. The largest absolute Gasteiger partial charge is 0.497 e. The van der Waals surface area contributed by atoms with Gasteiger partial charge in [-0.05, 0) is 37.3 Å². The maximum Gasteiger partial charge on any atom is 0.271 e. The van der Waals surface area contributed by atoms with E-state index in [4.69, 9.17) is 9.47 Å². The number of rotatable bonds is 7. The summed E-state index contributed by atoms with van der Waals surface area (Å²) in [5, 5.41) is 9.77. The number of thiophene rings is 1. The second-order valence-electron chi connectivity index (χ2n) is 5.36. The zero-order valence-corrected chi connectivity index (χ0v) is 14.9. The zero-order chi connectivity index (χ0) is 17.6. The van der Waals surface area contributed by atoms with Gasteiger partial charge in [0.25, 0.3) is 5.91 Å². The highest BCUT2D eigenvalue weighted by molar-refractivity contribution is 7.15. The van der Waals surface area contributed by atoms with Crippen molar-refractivity contribution < 1.29 is 14.3 Å². The summed E-state index contributed by atoms with van der Waals surface area (Å²) >= 11 is 1.65. The van der Waals surface area contributed by atoms with Crippen molar-refractivity contribution in [3.8, 4) is 22.1 Å². The Hall–Kier alpha value is -2.80. The van der Waals surface area contributed by atoms with E-state index in [0.29, 0.717) is 24.6 Å². The summed E-state index contributed by atoms with van der Waals surface area (Å²) in [6.07, 6.45) is 0. The first kappa shape index (κ1) is 17.0. The minimum atomic E-state index is -0.231.